The molecule has 0 aliphatic carbocycles. The molecule has 1 aliphatic heterocycles. The van der Waals surface area contributed by atoms with Gasteiger partial charge in [0.1, 0.15) is 17.1 Å². The Bertz CT molecular complexity index is 1110. The van der Waals surface area contributed by atoms with Crippen LogP contribution in [-0.2, 0) is 4.79 Å². The minimum atomic E-state index is -0.554. The third-order valence-corrected chi connectivity index (χ3v) is 5.45. The van der Waals surface area contributed by atoms with Crippen molar-refractivity contribution in [3.8, 4) is 11.3 Å². The molecule has 0 bridgehead atoms. The second-order valence-corrected chi connectivity index (χ2v) is 7.54. The average molecular weight is 424 g/mol. The summed E-state index contributed by atoms with van der Waals surface area (Å²) in [5.74, 6) is -0.0287. The number of nitrogens with two attached hydrogens (primary N) is 1. The van der Waals surface area contributed by atoms with Crippen LogP contribution in [-0.4, -0.2) is 28.1 Å². The van der Waals surface area contributed by atoms with E-state index in [2.05, 4.69) is 10.6 Å². The molecule has 4 rings (SSSR count). The molecule has 0 fully saturated rings. The number of nitrogens with zero attached hydrogens (tertiary/aromatic N) is 2. The van der Waals surface area contributed by atoms with Gasteiger partial charge >= 0.3 is 0 Å². The fourth-order valence-corrected chi connectivity index (χ4v) is 3.88. The molecule has 2 amide bonds. The highest BCUT2D eigenvalue weighted by molar-refractivity contribution is 6.30. The van der Waals surface area contributed by atoms with E-state index in [9.17, 15) is 9.59 Å². The molecule has 0 radical (unpaired) electrons. The monoisotopic (exact) mass is 423 g/mol. The van der Waals surface area contributed by atoms with E-state index < -0.39 is 5.91 Å². The predicted molar refractivity (Wildman–Crippen MR) is 118 cm³/mol. The van der Waals surface area contributed by atoms with Crippen molar-refractivity contribution < 1.29 is 9.59 Å². The number of hydrogen-bond acceptors (Lipinski definition) is 4. The Morgan fingerprint density at radius 1 is 1.23 bits per heavy atom. The van der Waals surface area contributed by atoms with E-state index >= 15 is 0 Å². The summed E-state index contributed by atoms with van der Waals surface area (Å²) in [6, 6.07) is 14.6. The lowest BCUT2D eigenvalue weighted by Gasteiger charge is -2.28. The molecule has 1 aromatic heterocycles. The second kappa shape index (κ2) is 8.20. The fourth-order valence-electron chi connectivity index (χ4n) is 3.75. The molecule has 0 spiro atoms. The normalized spacial score (nSPS) is 15.2. The van der Waals surface area contributed by atoms with E-state index in [0.717, 1.165) is 23.2 Å². The van der Waals surface area contributed by atoms with Crippen molar-refractivity contribution in [2.24, 2.45) is 5.73 Å². The van der Waals surface area contributed by atoms with E-state index in [1.807, 2.05) is 43.3 Å². The topological polar surface area (TPSA) is 102 Å². The Morgan fingerprint density at radius 2 is 1.97 bits per heavy atom. The lowest BCUT2D eigenvalue weighted by atomic mass is 9.99. The van der Waals surface area contributed by atoms with E-state index in [4.69, 9.17) is 22.4 Å². The maximum Gasteiger partial charge on any atom is 0.254 e. The number of para-hydroxylation sites is 1. The highest BCUT2D eigenvalue weighted by Gasteiger charge is 2.31. The van der Waals surface area contributed by atoms with Crippen LogP contribution in [0.5, 0.6) is 0 Å². The zero-order valence-electron chi connectivity index (χ0n) is 16.5. The number of rotatable bonds is 5. The number of aromatic nitrogens is 2. The number of hydrogen-bond donors (Lipinski definition) is 3. The molecular weight excluding hydrogens is 402 g/mol. The standard InChI is InChI=1S/C22H22ClN5O2/c1-2-18(29)26-16-6-4-3-5-15(16)17-11-12-25-22-19(21(24)30)20(27-28(17)22)13-7-9-14(23)10-8-13/h3-10,17,25H,2,11-12H2,1H3,(H2,24,30)(H,26,29)/t17-/m1/s1. The van der Waals surface area contributed by atoms with Crippen molar-refractivity contribution in [2.45, 2.75) is 25.8 Å². The first-order chi connectivity index (χ1) is 14.5. The lowest BCUT2D eigenvalue weighted by molar-refractivity contribution is -0.115. The van der Waals surface area contributed by atoms with Crippen LogP contribution in [0.2, 0.25) is 5.02 Å². The summed E-state index contributed by atoms with van der Waals surface area (Å²) in [4.78, 5) is 24.3. The predicted octanol–water partition coefficient (Wildman–Crippen LogP) is 4.06. The quantitative estimate of drug-likeness (QED) is 0.575. The molecule has 1 aliphatic rings. The maximum absolute atomic E-state index is 12.3. The van der Waals surface area contributed by atoms with E-state index in [1.165, 1.54) is 0 Å². The summed E-state index contributed by atoms with van der Waals surface area (Å²) in [5.41, 5.74) is 9.01. The third kappa shape index (κ3) is 3.64. The van der Waals surface area contributed by atoms with Gasteiger partial charge in [0.15, 0.2) is 0 Å². The summed E-state index contributed by atoms with van der Waals surface area (Å²) < 4.78 is 1.80. The molecule has 30 heavy (non-hydrogen) atoms. The molecule has 1 atom stereocenters. The Hall–Kier alpha value is -3.32. The number of halogens is 1. The van der Waals surface area contributed by atoms with Crippen LogP contribution >= 0.6 is 11.6 Å². The van der Waals surface area contributed by atoms with Crippen molar-refractivity contribution in [1.29, 1.82) is 0 Å². The van der Waals surface area contributed by atoms with Gasteiger partial charge in [-0.2, -0.15) is 5.10 Å². The lowest BCUT2D eigenvalue weighted by Crippen LogP contribution is -2.27. The maximum atomic E-state index is 12.3. The number of amides is 2. The summed E-state index contributed by atoms with van der Waals surface area (Å²) in [6.07, 6.45) is 1.13. The van der Waals surface area contributed by atoms with Crippen LogP contribution in [0.3, 0.4) is 0 Å². The molecule has 0 saturated carbocycles. The van der Waals surface area contributed by atoms with Crippen molar-refractivity contribution in [2.75, 3.05) is 17.2 Å². The van der Waals surface area contributed by atoms with Gasteiger partial charge in [-0.1, -0.05) is 48.9 Å². The number of benzene rings is 2. The van der Waals surface area contributed by atoms with Gasteiger partial charge in [-0.3, -0.25) is 9.59 Å². The zero-order valence-corrected chi connectivity index (χ0v) is 17.2. The highest BCUT2D eigenvalue weighted by Crippen LogP contribution is 2.38. The van der Waals surface area contributed by atoms with Gasteiger partial charge in [0, 0.05) is 34.8 Å². The molecule has 2 heterocycles. The van der Waals surface area contributed by atoms with Crippen molar-refractivity contribution in [3.05, 3.63) is 64.7 Å². The van der Waals surface area contributed by atoms with Crippen LogP contribution in [0, 0.1) is 0 Å². The number of primary amides is 1. The zero-order chi connectivity index (χ0) is 21.3. The van der Waals surface area contributed by atoms with E-state index in [1.54, 1.807) is 16.8 Å². The summed E-state index contributed by atoms with van der Waals surface area (Å²) >= 11 is 6.01. The summed E-state index contributed by atoms with van der Waals surface area (Å²) in [6.45, 7) is 2.46. The van der Waals surface area contributed by atoms with Crippen molar-refractivity contribution >= 4 is 34.9 Å². The third-order valence-electron chi connectivity index (χ3n) is 5.19. The Kier molecular flexibility index (Phi) is 5.46. The minimum Gasteiger partial charge on any atom is -0.369 e. The van der Waals surface area contributed by atoms with Gasteiger partial charge in [-0.25, -0.2) is 4.68 Å². The number of anilines is 2. The molecule has 3 aromatic rings. The van der Waals surface area contributed by atoms with Gasteiger partial charge in [-0.05, 0) is 24.6 Å². The molecule has 0 unspecified atom stereocenters. The number of carbonyl (C=O) groups excluding carboxylic acids is 2. The Morgan fingerprint density at radius 3 is 2.67 bits per heavy atom. The van der Waals surface area contributed by atoms with Crippen molar-refractivity contribution in [3.63, 3.8) is 0 Å². The van der Waals surface area contributed by atoms with E-state index in [0.29, 0.717) is 35.1 Å². The molecule has 7 nitrogen and oxygen atoms in total. The first-order valence-corrected chi connectivity index (χ1v) is 10.2. The summed E-state index contributed by atoms with van der Waals surface area (Å²) in [5, 5.41) is 11.6. The average Bonchev–Trinajstić information content (AvgIpc) is 3.14. The first kappa shape index (κ1) is 20.0. The Labute approximate surface area is 179 Å². The molecule has 2 aromatic carbocycles. The molecule has 154 valence electrons. The smallest absolute Gasteiger partial charge is 0.254 e. The van der Waals surface area contributed by atoms with Crippen molar-refractivity contribution in [1.82, 2.24) is 9.78 Å². The molecular formula is C22H22ClN5O2. The largest absolute Gasteiger partial charge is 0.369 e. The fraction of sp³-hybridized carbons (Fsp3) is 0.227. The first-order valence-electron chi connectivity index (χ1n) is 9.80. The van der Waals surface area contributed by atoms with Crippen LogP contribution < -0.4 is 16.4 Å². The van der Waals surface area contributed by atoms with Crippen LogP contribution in [0.15, 0.2) is 48.5 Å². The van der Waals surface area contributed by atoms with Crippen LogP contribution in [0.1, 0.15) is 41.7 Å². The van der Waals surface area contributed by atoms with E-state index in [-0.39, 0.29) is 11.9 Å². The number of nitrogens with one attached hydrogen (secondary N) is 2. The second-order valence-electron chi connectivity index (χ2n) is 7.11. The number of fused-ring (bicyclic) bond motifs is 1. The van der Waals surface area contributed by atoms with Crippen LogP contribution in [0.4, 0.5) is 11.5 Å². The van der Waals surface area contributed by atoms with Gasteiger partial charge in [0.25, 0.3) is 5.91 Å². The minimum absolute atomic E-state index is 0.0586. The van der Waals surface area contributed by atoms with Gasteiger partial charge in [0.2, 0.25) is 5.91 Å². The Balaban J connectivity index is 1.84. The number of carbonyl (C=O) groups is 2. The van der Waals surface area contributed by atoms with Gasteiger partial charge in [-0.15, -0.1) is 0 Å². The van der Waals surface area contributed by atoms with Crippen LogP contribution in [0.25, 0.3) is 11.3 Å². The molecule has 4 N–H and O–H groups in total. The molecule has 8 heteroatoms. The SMILES string of the molecule is CCC(=O)Nc1ccccc1[C@H]1CCNc2c(C(N)=O)c(-c3ccc(Cl)cc3)nn21. The molecule has 0 saturated heterocycles. The van der Waals surface area contributed by atoms with Gasteiger partial charge < -0.3 is 16.4 Å². The summed E-state index contributed by atoms with van der Waals surface area (Å²) in [7, 11) is 0. The highest BCUT2D eigenvalue weighted by atomic mass is 35.5. The van der Waals surface area contributed by atoms with Gasteiger partial charge in [0.05, 0.1) is 6.04 Å².